The van der Waals surface area contributed by atoms with Crippen LogP contribution in [0.4, 0.5) is 0 Å². The summed E-state index contributed by atoms with van der Waals surface area (Å²) in [5.41, 5.74) is 10.8. The molecule has 31 heavy (non-hydrogen) atoms. The minimum atomic E-state index is -4.50. The Morgan fingerprint density at radius 1 is 1.29 bits per heavy atom. The Morgan fingerprint density at radius 3 is 2.81 bits per heavy atom. The Labute approximate surface area is 183 Å². The summed E-state index contributed by atoms with van der Waals surface area (Å²) in [5, 5.41) is 4.36. The van der Waals surface area contributed by atoms with Crippen molar-refractivity contribution in [1.82, 2.24) is 9.78 Å². The third kappa shape index (κ3) is 5.57. The molecule has 170 valence electrons. The van der Waals surface area contributed by atoms with Gasteiger partial charge in [0, 0.05) is 24.3 Å². The van der Waals surface area contributed by atoms with Gasteiger partial charge >= 0.3 is 7.82 Å². The van der Waals surface area contributed by atoms with Crippen molar-refractivity contribution in [3.63, 3.8) is 0 Å². The molecular weight excluding hydrogens is 417 g/mol. The quantitative estimate of drug-likeness (QED) is 0.556. The number of hydrogen-bond acceptors (Lipinski definition) is 5. The van der Waals surface area contributed by atoms with Gasteiger partial charge in [0.15, 0.2) is 0 Å². The molecule has 4 rings (SSSR count). The number of fused-ring (bicyclic) bond motifs is 1. The van der Waals surface area contributed by atoms with Crippen LogP contribution < -0.4 is 10.5 Å². The summed E-state index contributed by atoms with van der Waals surface area (Å²) in [6, 6.07) is 8.68. The minimum Gasteiger partial charge on any atom is -0.476 e. The number of hydrogen-bond donors (Lipinski definition) is 3. The smallest absolute Gasteiger partial charge is 0.469 e. The van der Waals surface area contributed by atoms with Crippen molar-refractivity contribution < 1.29 is 23.6 Å². The molecule has 8 nitrogen and oxygen atoms in total. The van der Waals surface area contributed by atoms with Crippen LogP contribution in [0.3, 0.4) is 0 Å². The largest absolute Gasteiger partial charge is 0.476 e. The maximum absolute atomic E-state index is 11.0. The Balaban J connectivity index is 1.34. The predicted molar refractivity (Wildman–Crippen MR) is 117 cm³/mol. The van der Waals surface area contributed by atoms with Gasteiger partial charge in [-0.15, -0.1) is 5.10 Å². The number of rotatable bonds is 7. The summed E-state index contributed by atoms with van der Waals surface area (Å²) in [6.45, 7) is 2.57. The van der Waals surface area contributed by atoms with E-state index in [9.17, 15) is 4.57 Å². The fourth-order valence-electron chi connectivity index (χ4n) is 4.83. The Hall–Kier alpha value is -1.70. The van der Waals surface area contributed by atoms with E-state index in [1.54, 1.807) is 0 Å². The fourth-order valence-corrected chi connectivity index (χ4v) is 5.26. The van der Waals surface area contributed by atoms with Gasteiger partial charge in [-0.1, -0.05) is 18.2 Å². The van der Waals surface area contributed by atoms with E-state index in [1.165, 1.54) is 16.7 Å². The summed E-state index contributed by atoms with van der Waals surface area (Å²) in [6.07, 6.45) is 5.39. The second kappa shape index (κ2) is 8.68. The summed E-state index contributed by atoms with van der Waals surface area (Å²) in [5.74, 6) is 1.47. The normalized spacial score (nSPS) is 26.1. The second-order valence-corrected chi connectivity index (χ2v) is 10.5. The van der Waals surface area contributed by atoms with Gasteiger partial charge in [-0.25, -0.2) is 4.57 Å². The van der Waals surface area contributed by atoms with E-state index >= 15 is 0 Å². The molecule has 1 aromatic carbocycles. The highest BCUT2D eigenvalue weighted by molar-refractivity contribution is 7.46. The van der Waals surface area contributed by atoms with E-state index in [2.05, 4.69) is 27.8 Å². The Kier molecular flexibility index (Phi) is 6.30. The molecule has 2 aliphatic carbocycles. The molecule has 1 saturated carbocycles. The molecule has 0 bridgehead atoms. The molecule has 0 radical (unpaired) electrons. The van der Waals surface area contributed by atoms with Crippen molar-refractivity contribution in [2.24, 2.45) is 18.7 Å². The Bertz CT molecular complexity index is 968. The summed E-state index contributed by atoms with van der Waals surface area (Å²) >= 11 is 0. The number of phosphoric acid groups is 1. The molecule has 0 aliphatic heterocycles. The van der Waals surface area contributed by atoms with Crippen molar-refractivity contribution in [2.45, 2.75) is 56.9 Å². The van der Waals surface area contributed by atoms with Crippen molar-refractivity contribution in [3.05, 3.63) is 46.6 Å². The SMILES string of the molecule is Cc1cc(OC[C@@H]2CCc3cc([C@H]4CC[C@](N)(COP(=O)(O)O)C4)ccc3C2)nn1C. The van der Waals surface area contributed by atoms with Gasteiger partial charge < -0.3 is 20.3 Å². The topological polar surface area (TPSA) is 120 Å². The molecule has 0 unspecified atom stereocenters. The van der Waals surface area contributed by atoms with Gasteiger partial charge in [0.2, 0.25) is 5.88 Å². The molecule has 0 spiro atoms. The molecule has 4 N–H and O–H groups in total. The summed E-state index contributed by atoms with van der Waals surface area (Å²) < 4.78 is 23.5. The molecule has 2 aliphatic rings. The molecule has 1 aromatic heterocycles. The van der Waals surface area contributed by atoms with Crippen LogP contribution in [-0.4, -0.2) is 38.3 Å². The highest BCUT2D eigenvalue weighted by atomic mass is 31.2. The van der Waals surface area contributed by atoms with Crippen LogP contribution in [0.5, 0.6) is 5.88 Å². The predicted octanol–water partition coefficient (Wildman–Crippen LogP) is 2.99. The third-order valence-electron chi connectivity index (χ3n) is 6.75. The minimum absolute atomic E-state index is 0.115. The maximum atomic E-state index is 11.0. The van der Waals surface area contributed by atoms with E-state index in [0.29, 0.717) is 37.2 Å². The number of benzene rings is 1. The molecule has 3 atom stereocenters. The zero-order chi connectivity index (χ0) is 22.2. The van der Waals surface area contributed by atoms with E-state index in [-0.39, 0.29) is 6.61 Å². The molecule has 0 saturated heterocycles. The van der Waals surface area contributed by atoms with Gasteiger partial charge in [-0.2, -0.15) is 0 Å². The lowest BCUT2D eigenvalue weighted by Gasteiger charge is -2.26. The van der Waals surface area contributed by atoms with Crippen LogP contribution in [0.15, 0.2) is 24.3 Å². The Morgan fingerprint density at radius 2 is 2.10 bits per heavy atom. The fraction of sp³-hybridized carbons (Fsp3) is 0.591. The van der Waals surface area contributed by atoms with Gasteiger partial charge in [-0.3, -0.25) is 9.21 Å². The molecular formula is C22H32N3O5P. The summed E-state index contributed by atoms with van der Waals surface area (Å²) in [7, 11) is -2.58. The maximum Gasteiger partial charge on any atom is 0.469 e. The van der Waals surface area contributed by atoms with Gasteiger partial charge in [-0.05, 0) is 74.0 Å². The van der Waals surface area contributed by atoms with Gasteiger partial charge in [0.1, 0.15) is 0 Å². The van der Waals surface area contributed by atoms with Gasteiger partial charge in [0.05, 0.1) is 13.2 Å². The monoisotopic (exact) mass is 449 g/mol. The van der Waals surface area contributed by atoms with Crippen molar-refractivity contribution in [1.29, 1.82) is 0 Å². The van der Waals surface area contributed by atoms with E-state index < -0.39 is 13.4 Å². The molecule has 9 heteroatoms. The number of aryl methyl sites for hydroxylation is 3. The highest BCUT2D eigenvalue weighted by Crippen LogP contribution is 2.44. The number of ether oxygens (including phenoxy) is 1. The molecule has 1 heterocycles. The average molecular weight is 449 g/mol. The number of aromatic nitrogens is 2. The standard InChI is InChI=1S/C22H32N3O5P/c1-15-9-21(24-25(15)2)29-13-16-3-4-18-11-19(6-5-17(18)10-16)20-7-8-22(23,12-20)14-30-31(26,27)28/h5-6,9,11,16,20H,3-4,7-8,10,12-14,23H2,1-2H3,(H2,26,27,28)/t16-,20+,22-/m1/s1. The van der Waals surface area contributed by atoms with Crippen LogP contribution >= 0.6 is 7.82 Å². The van der Waals surface area contributed by atoms with Crippen LogP contribution in [0.2, 0.25) is 0 Å². The number of nitrogens with two attached hydrogens (primary N) is 1. The lowest BCUT2D eigenvalue weighted by Crippen LogP contribution is -2.41. The number of phosphoric ester groups is 1. The summed E-state index contributed by atoms with van der Waals surface area (Å²) in [4.78, 5) is 17.9. The first kappa shape index (κ1) is 22.5. The number of nitrogens with zero attached hydrogens (tertiary/aromatic N) is 2. The van der Waals surface area contributed by atoms with E-state index in [1.807, 2.05) is 24.7 Å². The van der Waals surface area contributed by atoms with Crippen molar-refractivity contribution in [2.75, 3.05) is 13.2 Å². The van der Waals surface area contributed by atoms with E-state index in [0.717, 1.165) is 31.4 Å². The van der Waals surface area contributed by atoms with Crippen molar-refractivity contribution >= 4 is 7.82 Å². The first-order chi connectivity index (χ1) is 14.6. The van der Waals surface area contributed by atoms with Crippen molar-refractivity contribution in [3.8, 4) is 5.88 Å². The molecule has 0 amide bonds. The van der Waals surface area contributed by atoms with Crippen LogP contribution in [0, 0.1) is 12.8 Å². The lowest BCUT2D eigenvalue weighted by atomic mass is 9.82. The zero-order valence-electron chi connectivity index (χ0n) is 18.2. The second-order valence-electron chi connectivity index (χ2n) is 9.26. The highest BCUT2D eigenvalue weighted by Gasteiger charge is 2.38. The van der Waals surface area contributed by atoms with Crippen LogP contribution in [0.1, 0.15) is 54.0 Å². The van der Waals surface area contributed by atoms with Crippen LogP contribution in [-0.2, 0) is 29.0 Å². The zero-order valence-corrected chi connectivity index (χ0v) is 19.1. The molecule has 1 fully saturated rings. The van der Waals surface area contributed by atoms with Crippen LogP contribution in [0.25, 0.3) is 0 Å². The average Bonchev–Trinajstić information content (AvgIpc) is 3.26. The first-order valence-corrected chi connectivity index (χ1v) is 12.4. The lowest BCUT2D eigenvalue weighted by molar-refractivity contribution is 0.153. The van der Waals surface area contributed by atoms with E-state index in [4.69, 9.17) is 20.3 Å². The molecule has 2 aromatic rings. The third-order valence-corrected chi connectivity index (χ3v) is 7.22. The first-order valence-electron chi connectivity index (χ1n) is 10.8. The van der Waals surface area contributed by atoms with Gasteiger partial charge in [0.25, 0.3) is 0 Å².